The highest BCUT2D eigenvalue weighted by atomic mass is 16.4. The molecule has 0 aliphatic rings. The number of hydrogen-bond donors (Lipinski definition) is 1. The molecule has 66 valence electrons. The molecule has 0 aliphatic heterocycles. The van der Waals surface area contributed by atoms with E-state index in [9.17, 15) is 4.79 Å². The van der Waals surface area contributed by atoms with Crippen LogP contribution in [0.15, 0.2) is 4.42 Å². The molecule has 0 radical (unpaired) electrons. The molecule has 0 aromatic carbocycles. The summed E-state index contributed by atoms with van der Waals surface area (Å²) in [6.45, 7) is 3.66. The predicted octanol–water partition coefficient (Wildman–Crippen LogP) is 0.905. The highest BCUT2D eigenvalue weighted by Crippen LogP contribution is 2.09. The molecule has 1 N–H and O–H groups in total. The minimum atomic E-state index is -0.198. The molecule has 12 heavy (non-hydrogen) atoms. The fraction of sp³-hybridized carbons (Fsp3) is 0.500. The van der Waals surface area contributed by atoms with Gasteiger partial charge < -0.3 is 9.73 Å². The summed E-state index contributed by atoms with van der Waals surface area (Å²) in [6.07, 6.45) is 0.706. The van der Waals surface area contributed by atoms with Gasteiger partial charge in [-0.25, -0.2) is 4.98 Å². The first kappa shape index (κ1) is 8.77. The molecule has 0 saturated heterocycles. The van der Waals surface area contributed by atoms with Crippen molar-refractivity contribution in [2.24, 2.45) is 0 Å². The number of carbonyl (C=O) groups excluding carboxylic acids is 1. The first-order valence-electron chi connectivity index (χ1n) is 3.87. The third kappa shape index (κ3) is 1.47. The summed E-state index contributed by atoms with van der Waals surface area (Å²) in [6, 6.07) is 0. The number of nitrogens with zero attached hydrogens (tertiary/aromatic N) is 1. The smallest absolute Gasteiger partial charge is 0.273 e. The number of nitrogens with one attached hydrogen (secondary N) is 1. The monoisotopic (exact) mass is 168 g/mol. The maximum Gasteiger partial charge on any atom is 0.273 e. The maximum absolute atomic E-state index is 11.1. The summed E-state index contributed by atoms with van der Waals surface area (Å²) in [5.41, 5.74) is 0.384. The Morgan fingerprint density at radius 1 is 1.67 bits per heavy atom. The van der Waals surface area contributed by atoms with Gasteiger partial charge in [-0.05, 0) is 6.92 Å². The predicted molar refractivity (Wildman–Crippen MR) is 44.0 cm³/mol. The average Bonchev–Trinajstić information content (AvgIpc) is 2.45. The fourth-order valence-corrected chi connectivity index (χ4v) is 0.932. The number of carbonyl (C=O) groups is 1. The van der Waals surface area contributed by atoms with Crippen LogP contribution >= 0.6 is 0 Å². The number of hydrogen-bond acceptors (Lipinski definition) is 3. The van der Waals surface area contributed by atoms with E-state index >= 15 is 0 Å². The lowest BCUT2D eigenvalue weighted by Crippen LogP contribution is -2.19. The van der Waals surface area contributed by atoms with E-state index in [4.69, 9.17) is 4.42 Å². The summed E-state index contributed by atoms with van der Waals surface area (Å²) in [5.74, 6) is 0.980. The lowest BCUT2D eigenvalue weighted by Gasteiger charge is -1.92. The zero-order valence-electron chi connectivity index (χ0n) is 7.47. The van der Waals surface area contributed by atoms with E-state index in [2.05, 4.69) is 10.3 Å². The van der Waals surface area contributed by atoms with Crippen molar-refractivity contribution >= 4 is 5.91 Å². The normalized spacial score (nSPS) is 9.92. The SMILES string of the molecule is CCc1nc(C(=O)NC)c(C)o1. The molecule has 0 unspecified atom stereocenters. The second-order valence-electron chi connectivity index (χ2n) is 2.45. The lowest BCUT2D eigenvalue weighted by atomic mass is 10.3. The Labute approximate surface area is 71.0 Å². The average molecular weight is 168 g/mol. The Balaban J connectivity index is 2.99. The highest BCUT2D eigenvalue weighted by Gasteiger charge is 2.14. The third-order valence-electron chi connectivity index (χ3n) is 1.59. The van der Waals surface area contributed by atoms with Crippen molar-refractivity contribution in [2.45, 2.75) is 20.3 Å². The number of aromatic nitrogens is 1. The van der Waals surface area contributed by atoms with Crippen molar-refractivity contribution in [3.05, 3.63) is 17.3 Å². The van der Waals surface area contributed by atoms with Gasteiger partial charge in [0.1, 0.15) is 5.76 Å². The van der Waals surface area contributed by atoms with Crippen molar-refractivity contribution in [3.8, 4) is 0 Å². The van der Waals surface area contributed by atoms with Crippen LogP contribution in [-0.4, -0.2) is 17.9 Å². The summed E-state index contributed by atoms with van der Waals surface area (Å²) in [5, 5.41) is 2.50. The number of aryl methyl sites for hydroxylation is 2. The van der Waals surface area contributed by atoms with E-state index in [1.165, 1.54) is 0 Å². The largest absolute Gasteiger partial charge is 0.445 e. The Kier molecular flexibility index (Phi) is 2.47. The lowest BCUT2D eigenvalue weighted by molar-refractivity contribution is 0.0957. The Morgan fingerprint density at radius 3 is 2.75 bits per heavy atom. The minimum Gasteiger partial charge on any atom is -0.445 e. The molecule has 4 heteroatoms. The van der Waals surface area contributed by atoms with Crippen molar-refractivity contribution in [1.82, 2.24) is 10.3 Å². The molecular formula is C8H12N2O2. The first-order valence-corrected chi connectivity index (χ1v) is 3.87. The second kappa shape index (κ2) is 3.38. The molecule has 0 fully saturated rings. The van der Waals surface area contributed by atoms with Crippen LogP contribution in [0, 0.1) is 6.92 Å². The van der Waals surface area contributed by atoms with Gasteiger partial charge in [-0.2, -0.15) is 0 Å². The van der Waals surface area contributed by atoms with E-state index < -0.39 is 0 Å². The van der Waals surface area contributed by atoms with E-state index in [0.717, 1.165) is 0 Å². The van der Waals surface area contributed by atoms with E-state index in [1.807, 2.05) is 6.92 Å². The molecule has 0 saturated carbocycles. The van der Waals surface area contributed by atoms with Crippen LogP contribution in [0.1, 0.15) is 29.1 Å². The van der Waals surface area contributed by atoms with E-state index in [1.54, 1.807) is 14.0 Å². The summed E-state index contributed by atoms with van der Waals surface area (Å²) in [4.78, 5) is 15.2. The quantitative estimate of drug-likeness (QED) is 0.714. The van der Waals surface area contributed by atoms with Gasteiger partial charge in [0.2, 0.25) is 0 Å². The summed E-state index contributed by atoms with van der Waals surface area (Å²) in [7, 11) is 1.57. The molecule has 1 heterocycles. The van der Waals surface area contributed by atoms with Crippen molar-refractivity contribution in [3.63, 3.8) is 0 Å². The topological polar surface area (TPSA) is 55.1 Å². The van der Waals surface area contributed by atoms with Gasteiger partial charge in [-0.3, -0.25) is 4.79 Å². The van der Waals surface area contributed by atoms with Gasteiger partial charge in [0.05, 0.1) is 0 Å². The maximum atomic E-state index is 11.1. The molecule has 4 nitrogen and oxygen atoms in total. The van der Waals surface area contributed by atoms with Gasteiger partial charge in [-0.1, -0.05) is 6.92 Å². The Hall–Kier alpha value is -1.32. The van der Waals surface area contributed by atoms with Crippen LogP contribution in [0.3, 0.4) is 0 Å². The van der Waals surface area contributed by atoms with Crippen LogP contribution in [0.2, 0.25) is 0 Å². The zero-order chi connectivity index (χ0) is 9.14. The van der Waals surface area contributed by atoms with Crippen LogP contribution in [0.25, 0.3) is 0 Å². The van der Waals surface area contributed by atoms with Gasteiger partial charge in [-0.15, -0.1) is 0 Å². The number of rotatable bonds is 2. The molecule has 0 aliphatic carbocycles. The van der Waals surface area contributed by atoms with Crippen molar-refractivity contribution in [1.29, 1.82) is 0 Å². The van der Waals surface area contributed by atoms with Crippen molar-refractivity contribution < 1.29 is 9.21 Å². The van der Waals surface area contributed by atoms with E-state index in [-0.39, 0.29) is 5.91 Å². The first-order chi connectivity index (χ1) is 5.69. The number of amides is 1. The molecule has 0 bridgehead atoms. The molecule has 0 spiro atoms. The van der Waals surface area contributed by atoms with Gasteiger partial charge >= 0.3 is 0 Å². The Bertz CT molecular complexity index is 291. The summed E-state index contributed by atoms with van der Waals surface area (Å²) >= 11 is 0. The molecule has 1 rings (SSSR count). The Morgan fingerprint density at radius 2 is 2.33 bits per heavy atom. The van der Waals surface area contributed by atoms with Crippen LogP contribution in [-0.2, 0) is 6.42 Å². The van der Waals surface area contributed by atoms with Gasteiger partial charge in [0, 0.05) is 13.5 Å². The molecule has 0 atom stereocenters. The van der Waals surface area contributed by atoms with Crippen LogP contribution < -0.4 is 5.32 Å². The zero-order valence-corrected chi connectivity index (χ0v) is 7.47. The number of oxazole rings is 1. The highest BCUT2D eigenvalue weighted by molar-refractivity contribution is 5.92. The fourth-order valence-electron chi connectivity index (χ4n) is 0.932. The summed E-state index contributed by atoms with van der Waals surface area (Å²) < 4.78 is 5.21. The second-order valence-corrected chi connectivity index (χ2v) is 2.45. The molecular weight excluding hydrogens is 156 g/mol. The van der Waals surface area contributed by atoms with Crippen LogP contribution in [0.4, 0.5) is 0 Å². The molecule has 1 aromatic heterocycles. The molecule has 1 aromatic rings. The van der Waals surface area contributed by atoms with Gasteiger partial charge in [0.15, 0.2) is 11.6 Å². The third-order valence-corrected chi connectivity index (χ3v) is 1.59. The van der Waals surface area contributed by atoms with E-state index in [0.29, 0.717) is 23.8 Å². The minimum absolute atomic E-state index is 0.198. The van der Waals surface area contributed by atoms with Crippen molar-refractivity contribution in [2.75, 3.05) is 7.05 Å². The van der Waals surface area contributed by atoms with Crippen LogP contribution in [0.5, 0.6) is 0 Å². The van der Waals surface area contributed by atoms with Gasteiger partial charge in [0.25, 0.3) is 5.91 Å². The molecule has 1 amide bonds. The standard InChI is InChI=1S/C8H12N2O2/c1-4-6-10-7(5(2)12-6)8(11)9-3/h4H2,1-3H3,(H,9,11).